The lowest BCUT2D eigenvalue weighted by Gasteiger charge is -2.09. The smallest absolute Gasteiger partial charge is 0.471 e. The van der Waals surface area contributed by atoms with Crippen molar-refractivity contribution in [1.29, 1.82) is 0 Å². The van der Waals surface area contributed by atoms with Crippen molar-refractivity contribution in [2.75, 3.05) is 13.2 Å². The topological polar surface area (TPSA) is 75.6 Å². The lowest BCUT2D eigenvalue weighted by Crippen LogP contribution is -2.38. The minimum absolute atomic E-state index is 0.00294. The van der Waals surface area contributed by atoms with Crippen molar-refractivity contribution in [3.05, 3.63) is 29.8 Å². The van der Waals surface area contributed by atoms with E-state index in [9.17, 15) is 22.8 Å². The molecule has 0 bridgehead atoms. The number of nitrogens with one attached hydrogen (secondary N) is 1. The molecule has 0 spiro atoms. The third-order valence-electron chi connectivity index (χ3n) is 1.99. The molecule has 1 aromatic carbocycles. The van der Waals surface area contributed by atoms with E-state index in [0.29, 0.717) is 0 Å². The van der Waals surface area contributed by atoms with E-state index >= 15 is 0 Å². The van der Waals surface area contributed by atoms with Gasteiger partial charge in [0.1, 0.15) is 12.4 Å². The van der Waals surface area contributed by atoms with Crippen LogP contribution in [0.15, 0.2) is 24.3 Å². The van der Waals surface area contributed by atoms with Crippen LogP contribution >= 0.6 is 0 Å². The number of ether oxygens (including phenoxy) is 1. The molecule has 0 fully saturated rings. The molecular formula is C11H10F3NO4. The van der Waals surface area contributed by atoms with Gasteiger partial charge < -0.3 is 15.2 Å². The normalized spacial score (nSPS) is 10.9. The van der Waals surface area contributed by atoms with Crippen molar-refractivity contribution >= 4 is 11.9 Å². The molecule has 0 atom stereocenters. The molecule has 0 heterocycles. The van der Waals surface area contributed by atoms with Crippen molar-refractivity contribution in [2.24, 2.45) is 0 Å². The highest BCUT2D eigenvalue weighted by Gasteiger charge is 2.38. The van der Waals surface area contributed by atoms with E-state index in [2.05, 4.69) is 0 Å². The Balaban J connectivity index is 2.40. The number of benzene rings is 1. The Morgan fingerprint density at radius 1 is 1.32 bits per heavy atom. The Morgan fingerprint density at radius 3 is 2.58 bits per heavy atom. The zero-order valence-electron chi connectivity index (χ0n) is 9.53. The molecule has 0 aliphatic rings. The average Bonchev–Trinajstić information content (AvgIpc) is 2.33. The van der Waals surface area contributed by atoms with Gasteiger partial charge >= 0.3 is 18.1 Å². The van der Waals surface area contributed by atoms with Gasteiger partial charge in [-0.25, -0.2) is 4.79 Å². The minimum Gasteiger partial charge on any atom is -0.492 e. The second kappa shape index (κ2) is 6.07. The lowest BCUT2D eigenvalue weighted by atomic mass is 10.2. The minimum atomic E-state index is -4.93. The predicted octanol–water partition coefficient (Wildman–Crippen LogP) is 1.44. The Morgan fingerprint density at radius 2 is 2.00 bits per heavy atom. The fraction of sp³-hybridized carbons (Fsp3) is 0.273. The Bertz CT molecular complexity index is 473. The molecule has 2 N–H and O–H groups in total. The van der Waals surface area contributed by atoms with Crippen LogP contribution in [0.2, 0.25) is 0 Å². The van der Waals surface area contributed by atoms with Crippen LogP contribution in [0.1, 0.15) is 10.4 Å². The lowest BCUT2D eigenvalue weighted by molar-refractivity contribution is -0.173. The summed E-state index contributed by atoms with van der Waals surface area (Å²) in [5.74, 6) is -2.99. The Labute approximate surface area is 106 Å². The first-order chi connectivity index (χ1) is 8.80. The number of carbonyl (C=O) groups excluding carboxylic acids is 1. The van der Waals surface area contributed by atoms with Gasteiger partial charge in [-0.3, -0.25) is 4.79 Å². The van der Waals surface area contributed by atoms with Gasteiger partial charge in [0.05, 0.1) is 12.1 Å². The first-order valence-corrected chi connectivity index (χ1v) is 5.12. The molecule has 8 heteroatoms. The maximum absolute atomic E-state index is 11.8. The molecule has 0 unspecified atom stereocenters. The molecule has 0 aromatic heterocycles. The monoisotopic (exact) mass is 277 g/mol. The van der Waals surface area contributed by atoms with E-state index < -0.39 is 18.1 Å². The summed E-state index contributed by atoms with van der Waals surface area (Å²) in [5, 5.41) is 10.3. The third-order valence-corrected chi connectivity index (χ3v) is 1.99. The van der Waals surface area contributed by atoms with E-state index in [1.54, 1.807) is 5.32 Å². The molecule has 1 amide bonds. The summed E-state index contributed by atoms with van der Waals surface area (Å²) >= 11 is 0. The van der Waals surface area contributed by atoms with Gasteiger partial charge in [0.2, 0.25) is 0 Å². The number of hydrogen-bond acceptors (Lipinski definition) is 3. The van der Waals surface area contributed by atoms with Crippen LogP contribution in [0.5, 0.6) is 5.75 Å². The highest BCUT2D eigenvalue weighted by atomic mass is 19.4. The molecule has 1 aromatic rings. The number of rotatable bonds is 5. The van der Waals surface area contributed by atoms with E-state index in [4.69, 9.17) is 9.84 Å². The summed E-state index contributed by atoms with van der Waals surface area (Å²) in [7, 11) is 0. The molecule has 1 rings (SSSR count). The number of carboxylic acid groups (broad SMARTS) is 1. The summed E-state index contributed by atoms with van der Waals surface area (Å²) in [4.78, 5) is 21.1. The van der Waals surface area contributed by atoms with Crippen LogP contribution < -0.4 is 10.1 Å². The SMILES string of the molecule is O=C(O)c1cccc(OCCNC(=O)C(F)(F)F)c1. The van der Waals surface area contributed by atoms with E-state index in [1.165, 1.54) is 24.3 Å². The summed E-state index contributed by atoms with van der Waals surface area (Å²) in [6.07, 6.45) is -4.93. The van der Waals surface area contributed by atoms with Gasteiger partial charge in [-0.15, -0.1) is 0 Å². The van der Waals surface area contributed by atoms with Crippen molar-refractivity contribution in [1.82, 2.24) is 5.32 Å². The first-order valence-electron chi connectivity index (χ1n) is 5.12. The number of halogens is 3. The van der Waals surface area contributed by atoms with Crippen LogP contribution in [0.4, 0.5) is 13.2 Å². The van der Waals surface area contributed by atoms with Crippen molar-refractivity contribution < 1.29 is 32.6 Å². The molecule has 0 saturated heterocycles. The number of aromatic carboxylic acids is 1. The molecule has 5 nitrogen and oxygen atoms in total. The largest absolute Gasteiger partial charge is 0.492 e. The van der Waals surface area contributed by atoms with Crippen molar-refractivity contribution in [3.63, 3.8) is 0 Å². The van der Waals surface area contributed by atoms with Crippen LogP contribution in [-0.4, -0.2) is 36.3 Å². The van der Waals surface area contributed by atoms with Gasteiger partial charge in [0, 0.05) is 0 Å². The van der Waals surface area contributed by atoms with Gasteiger partial charge in [-0.05, 0) is 18.2 Å². The molecule has 0 aliphatic heterocycles. The van der Waals surface area contributed by atoms with Gasteiger partial charge in [0.25, 0.3) is 0 Å². The third kappa shape index (κ3) is 4.86. The number of alkyl halides is 3. The second-order valence-electron chi connectivity index (χ2n) is 3.44. The molecule has 19 heavy (non-hydrogen) atoms. The van der Waals surface area contributed by atoms with Gasteiger partial charge in [-0.1, -0.05) is 6.07 Å². The number of carbonyl (C=O) groups is 2. The van der Waals surface area contributed by atoms with Gasteiger partial charge in [0.15, 0.2) is 0 Å². The highest BCUT2D eigenvalue weighted by Crippen LogP contribution is 2.14. The summed E-state index contributed by atoms with van der Waals surface area (Å²) in [6, 6.07) is 5.47. The average molecular weight is 277 g/mol. The second-order valence-corrected chi connectivity index (χ2v) is 3.44. The fourth-order valence-electron chi connectivity index (χ4n) is 1.15. The predicted molar refractivity (Wildman–Crippen MR) is 58.0 cm³/mol. The number of carboxylic acids is 1. The van der Waals surface area contributed by atoms with Crippen LogP contribution in [-0.2, 0) is 4.79 Å². The maximum Gasteiger partial charge on any atom is 0.471 e. The van der Waals surface area contributed by atoms with E-state index in [-0.39, 0.29) is 24.5 Å². The Hall–Kier alpha value is -2.25. The van der Waals surface area contributed by atoms with E-state index in [0.717, 1.165) is 0 Å². The van der Waals surface area contributed by atoms with Crippen LogP contribution in [0.25, 0.3) is 0 Å². The number of amides is 1. The van der Waals surface area contributed by atoms with Crippen molar-refractivity contribution in [2.45, 2.75) is 6.18 Å². The molecule has 0 aliphatic carbocycles. The van der Waals surface area contributed by atoms with Crippen LogP contribution in [0.3, 0.4) is 0 Å². The molecule has 104 valence electrons. The standard InChI is InChI=1S/C11H10F3NO4/c12-11(13,14)10(18)15-4-5-19-8-3-1-2-7(6-8)9(16)17/h1-3,6H,4-5H2,(H,15,18)(H,16,17). The summed E-state index contributed by atoms with van der Waals surface area (Å²) < 4.78 is 40.5. The van der Waals surface area contributed by atoms with E-state index in [1.807, 2.05) is 0 Å². The molecule has 0 radical (unpaired) electrons. The molecule has 0 saturated carbocycles. The summed E-state index contributed by atoms with van der Waals surface area (Å²) in [6.45, 7) is -0.541. The highest BCUT2D eigenvalue weighted by molar-refractivity contribution is 5.88. The zero-order chi connectivity index (χ0) is 14.5. The maximum atomic E-state index is 11.8. The first kappa shape index (κ1) is 14.8. The summed E-state index contributed by atoms with van der Waals surface area (Å²) in [5.41, 5.74) is -0.00294. The fourth-order valence-corrected chi connectivity index (χ4v) is 1.15. The number of hydrogen-bond donors (Lipinski definition) is 2. The zero-order valence-corrected chi connectivity index (χ0v) is 9.53. The van der Waals surface area contributed by atoms with Crippen molar-refractivity contribution in [3.8, 4) is 5.75 Å². The Kier molecular flexibility index (Phi) is 4.74. The van der Waals surface area contributed by atoms with Gasteiger partial charge in [-0.2, -0.15) is 13.2 Å². The van der Waals surface area contributed by atoms with Crippen LogP contribution in [0, 0.1) is 0 Å². The quantitative estimate of drug-likeness (QED) is 0.798. The molecular weight excluding hydrogens is 267 g/mol.